The largest absolute Gasteiger partial charge is 0.480 e. The fourth-order valence-electron chi connectivity index (χ4n) is 4.99. The van der Waals surface area contributed by atoms with E-state index in [2.05, 4.69) is 15.5 Å². The van der Waals surface area contributed by atoms with Crippen molar-refractivity contribution in [3.05, 3.63) is 84.4 Å². The minimum absolute atomic E-state index is 0.0529. The van der Waals surface area contributed by atoms with Gasteiger partial charge in [-0.1, -0.05) is 60.7 Å². The fourth-order valence-corrected chi connectivity index (χ4v) is 4.99. The summed E-state index contributed by atoms with van der Waals surface area (Å²) < 4.78 is 16.3. The minimum atomic E-state index is -1.35. The van der Waals surface area contributed by atoms with Crippen molar-refractivity contribution in [3.8, 4) is 16.9 Å². The van der Waals surface area contributed by atoms with Crippen molar-refractivity contribution in [2.24, 2.45) is 0 Å². The van der Waals surface area contributed by atoms with Gasteiger partial charge in [-0.2, -0.15) is 0 Å². The summed E-state index contributed by atoms with van der Waals surface area (Å²) in [4.78, 5) is 54.6. The van der Waals surface area contributed by atoms with E-state index in [1.54, 1.807) is 41.3 Å². The molecule has 0 spiro atoms. The zero-order valence-electron chi connectivity index (χ0n) is 24.2. The highest BCUT2D eigenvalue weighted by molar-refractivity contribution is 6.01. The summed E-state index contributed by atoms with van der Waals surface area (Å²) in [5.74, 6) is -2.32. The summed E-state index contributed by atoms with van der Waals surface area (Å²) in [6, 6.07) is 21.8. The Kier molecular flexibility index (Phi) is 9.85. The number of hydrogen-bond acceptors (Lipinski definition) is 8. The standard InChI is InChI=1S/C32H34N4O8/c1-35-15-17-36(18-16-35)32(41)44-23-13-11-21(12-14-23)19-26(31(39)40)34-30(38)28-27(42-20-43-28)29(37)33-25-10-6-5-9-24(25)22-7-3-2-4-8-22/h2-14,26-28H,15-20H2,1H3,(H,33,37)(H,34,38)(H,39,40). The van der Waals surface area contributed by atoms with Crippen LogP contribution >= 0.6 is 0 Å². The average molecular weight is 603 g/mol. The number of benzene rings is 3. The van der Waals surface area contributed by atoms with Crippen LogP contribution in [0.4, 0.5) is 10.5 Å². The van der Waals surface area contributed by atoms with Crippen LogP contribution in [0.5, 0.6) is 5.75 Å². The van der Waals surface area contributed by atoms with Gasteiger partial charge in [-0.15, -0.1) is 0 Å². The molecule has 3 N–H and O–H groups in total. The van der Waals surface area contributed by atoms with E-state index in [9.17, 15) is 24.3 Å². The molecule has 2 heterocycles. The molecule has 2 aliphatic rings. The van der Waals surface area contributed by atoms with Crippen molar-refractivity contribution in [1.29, 1.82) is 0 Å². The number of amides is 3. The molecule has 3 unspecified atom stereocenters. The molecule has 44 heavy (non-hydrogen) atoms. The van der Waals surface area contributed by atoms with Crippen LogP contribution in [0.25, 0.3) is 11.1 Å². The normalized spacial score (nSPS) is 19.2. The maximum atomic E-state index is 13.2. The quantitative estimate of drug-likeness (QED) is 0.336. The summed E-state index contributed by atoms with van der Waals surface area (Å²) in [6.45, 7) is 2.38. The second kappa shape index (κ2) is 14.1. The van der Waals surface area contributed by atoms with Crippen molar-refractivity contribution in [2.75, 3.05) is 45.3 Å². The summed E-state index contributed by atoms with van der Waals surface area (Å²) >= 11 is 0. The van der Waals surface area contributed by atoms with Gasteiger partial charge in [0.1, 0.15) is 18.6 Å². The van der Waals surface area contributed by atoms with E-state index in [0.717, 1.165) is 24.2 Å². The molecule has 3 aromatic rings. The van der Waals surface area contributed by atoms with E-state index in [-0.39, 0.29) is 13.2 Å². The average Bonchev–Trinajstić information content (AvgIpc) is 3.53. The zero-order chi connectivity index (χ0) is 31.1. The number of carbonyl (C=O) groups excluding carboxylic acids is 3. The van der Waals surface area contributed by atoms with Crippen LogP contribution in [0.2, 0.25) is 0 Å². The summed E-state index contributed by atoms with van der Waals surface area (Å²) in [5.41, 5.74) is 2.80. The third kappa shape index (κ3) is 7.59. The van der Waals surface area contributed by atoms with Gasteiger partial charge in [-0.25, -0.2) is 9.59 Å². The van der Waals surface area contributed by atoms with Gasteiger partial charge in [0.05, 0.1) is 0 Å². The third-order valence-corrected chi connectivity index (χ3v) is 7.50. The maximum absolute atomic E-state index is 13.2. The van der Waals surface area contributed by atoms with Gasteiger partial charge >= 0.3 is 12.1 Å². The Morgan fingerprint density at radius 3 is 2.18 bits per heavy atom. The topological polar surface area (TPSA) is 147 Å². The van der Waals surface area contributed by atoms with E-state index in [4.69, 9.17) is 14.2 Å². The molecule has 0 radical (unpaired) electrons. The molecule has 5 rings (SSSR count). The molecule has 230 valence electrons. The van der Waals surface area contributed by atoms with Crippen LogP contribution in [-0.2, 0) is 30.3 Å². The van der Waals surface area contributed by atoms with E-state index in [0.29, 0.717) is 30.1 Å². The number of para-hydroxylation sites is 1. The Balaban J connectivity index is 1.18. The van der Waals surface area contributed by atoms with Crippen LogP contribution in [0, 0.1) is 0 Å². The van der Waals surface area contributed by atoms with E-state index in [1.165, 1.54) is 0 Å². The molecule has 0 aliphatic carbocycles. The molecule has 2 fully saturated rings. The molecule has 3 aromatic carbocycles. The molecule has 0 saturated carbocycles. The highest BCUT2D eigenvalue weighted by Gasteiger charge is 2.42. The number of carboxylic acid groups (broad SMARTS) is 1. The number of aliphatic carboxylic acids is 1. The van der Waals surface area contributed by atoms with Crippen molar-refractivity contribution >= 4 is 29.6 Å². The van der Waals surface area contributed by atoms with Crippen LogP contribution in [0.3, 0.4) is 0 Å². The second-order valence-electron chi connectivity index (χ2n) is 10.6. The Morgan fingerprint density at radius 1 is 0.864 bits per heavy atom. The number of likely N-dealkylation sites (N-methyl/N-ethyl adjacent to an activating group) is 1. The number of carboxylic acids is 1. The van der Waals surface area contributed by atoms with E-state index in [1.807, 2.05) is 49.5 Å². The molecule has 3 atom stereocenters. The van der Waals surface area contributed by atoms with E-state index < -0.39 is 42.1 Å². The van der Waals surface area contributed by atoms with Crippen molar-refractivity contribution in [2.45, 2.75) is 24.7 Å². The monoisotopic (exact) mass is 602 g/mol. The molecule has 12 nitrogen and oxygen atoms in total. The van der Waals surface area contributed by atoms with Gasteiger partial charge in [0.2, 0.25) is 0 Å². The van der Waals surface area contributed by atoms with Crippen LogP contribution in [0.15, 0.2) is 78.9 Å². The first-order valence-electron chi connectivity index (χ1n) is 14.2. The Labute approximate surface area is 254 Å². The second-order valence-corrected chi connectivity index (χ2v) is 10.6. The lowest BCUT2D eigenvalue weighted by Crippen LogP contribution is -2.51. The van der Waals surface area contributed by atoms with Crippen LogP contribution < -0.4 is 15.4 Å². The fraction of sp³-hybridized carbons (Fsp3) is 0.312. The van der Waals surface area contributed by atoms with Crippen molar-refractivity contribution in [1.82, 2.24) is 15.1 Å². The first-order valence-corrected chi connectivity index (χ1v) is 14.2. The Bertz CT molecular complexity index is 1480. The van der Waals surface area contributed by atoms with Gasteiger partial charge in [0, 0.05) is 43.9 Å². The van der Waals surface area contributed by atoms with Gasteiger partial charge in [-0.05, 0) is 36.4 Å². The molecule has 3 amide bonds. The SMILES string of the molecule is CN1CCN(C(=O)Oc2ccc(CC(NC(=O)C3OCOC3C(=O)Nc3ccccc3-c3ccccc3)C(=O)O)cc2)CC1. The van der Waals surface area contributed by atoms with Gasteiger partial charge in [-0.3, -0.25) is 9.59 Å². The minimum Gasteiger partial charge on any atom is -0.480 e. The molecule has 0 bridgehead atoms. The number of nitrogens with one attached hydrogen (secondary N) is 2. The van der Waals surface area contributed by atoms with Crippen LogP contribution in [0.1, 0.15) is 5.56 Å². The molecule has 12 heteroatoms. The third-order valence-electron chi connectivity index (χ3n) is 7.50. The zero-order valence-corrected chi connectivity index (χ0v) is 24.2. The smallest absolute Gasteiger partial charge is 0.415 e. The van der Waals surface area contributed by atoms with E-state index >= 15 is 0 Å². The molecule has 2 saturated heterocycles. The predicted octanol–water partition coefficient (Wildman–Crippen LogP) is 2.59. The molecular weight excluding hydrogens is 568 g/mol. The number of anilines is 1. The van der Waals surface area contributed by atoms with Gasteiger partial charge < -0.3 is 39.8 Å². The Morgan fingerprint density at radius 2 is 1.50 bits per heavy atom. The summed E-state index contributed by atoms with van der Waals surface area (Å²) in [6.07, 6.45) is -3.13. The lowest BCUT2D eigenvalue weighted by molar-refractivity contribution is -0.144. The number of ether oxygens (including phenoxy) is 3. The number of rotatable bonds is 9. The summed E-state index contributed by atoms with van der Waals surface area (Å²) in [5, 5.41) is 15.1. The lowest BCUT2D eigenvalue weighted by Gasteiger charge is -2.31. The number of piperazine rings is 1. The van der Waals surface area contributed by atoms with Gasteiger partial charge in [0.25, 0.3) is 11.8 Å². The molecule has 0 aromatic heterocycles. The first-order chi connectivity index (χ1) is 21.3. The van der Waals surface area contributed by atoms with Crippen molar-refractivity contribution < 1.29 is 38.5 Å². The maximum Gasteiger partial charge on any atom is 0.415 e. The highest BCUT2D eigenvalue weighted by Crippen LogP contribution is 2.28. The number of hydrogen-bond donors (Lipinski definition) is 3. The van der Waals surface area contributed by atoms with Crippen molar-refractivity contribution in [3.63, 3.8) is 0 Å². The Hall–Kier alpha value is -4.78. The molecular formula is C32H34N4O8. The molecule has 2 aliphatic heterocycles. The summed E-state index contributed by atoms with van der Waals surface area (Å²) in [7, 11) is 1.99. The number of carbonyl (C=O) groups is 4. The highest BCUT2D eigenvalue weighted by atomic mass is 16.7. The lowest BCUT2D eigenvalue weighted by atomic mass is 10.0. The first kappa shape index (κ1) is 30.7. The number of nitrogens with zero attached hydrogens (tertiary/aromatic N) is 2. The predicted molar refractivity (Wildman–Crippen MR) is 160 cm³/mol. The van der Waals surface area contributed by atoms with Gasteiger partial charge in [0.15, 0.2) is 12.2 Å². The van der Waals surface area contributed by atoms with Crippen LogP contribution in [-0.4, -0.2) is 97.1 Å².